The third-order valence-electron chi connectivity index (χ3n) is 5.59. The molecule has 2 N–H and O–H groups in total. The summed E-state index contributed by atoms with van der Waals surface area (Å²) in [5.74, 6) is -0.935. The van der Waals surface area contributed by atoms with Crippen LogP contribution < -0.4 is 5.32 Å². The van der Waals surface area contributed by atoms with Gasteiger partial charge in [0.1, 0.15) is 0 Å². The van der Waals surface area contributed by atoms with Crippen molar-refractivity contribution in [3.05, 3.63) is 70.9 Å². The van der Waals surface area contributed by atoms with Crippen LogP contribution in [0.5, 0.6) is 0 Å². The fraction of sp³-hybridized carbons (Fsp3) is 0.360. The van der Waals surface area contributed by atoms with Crippen molar-refractivity contribution >= 4 is 22.6 Å². The van der Waals surface area contributed by atoms with Crippen LogP contribution in [0.2, 0.25) is 0 Å². The van der Waals surface area contributed by atoms with E-state index in [4.69, 9.17) is 0 Å². The number of aryl methyl sites for hydroxylation is 1. The van der Waals surface area contributed by atoms with Crippen LogP contribution in [0.15, 0.2) is 48.7 Å². The number of aromatic nitrogens is 1. The van der Waals surface area contributed by atoms with E-state index >= 15 is 0 Å². The average Bonchev–Trinajstić information content (AvgIpc) is 3.18. The predicted molar refractivity (Wildman–Crippen MR) is 122 cm³/mol. The number of halogens is 6. The van der Waals surface area contributed by atoms with Gasteiger partial charge < -0.3 is 15.2 Å². The van der Waals surface area contributed by atoms with Crippen LogP contribution in [0.1, 0.15) is 28.7 Å². The van der Waals surface area contributed by atoms with Crippen LogP contribution >= 0.6 is 0 Å². The van der Waals surface area contributed by atoms with Crippen molar-refractivity contribution in [2.45, 2.75) is 37.7 Å². The zero-order valence-corrected chi connectivity index (χ0v) is 19.6. The van der Waals surface area contributed by atoms with Gasteiger partial charge in [0.25, 0.3) is 0 Å². The number of benzene rings is 2. The van der Waals surface area contributed by atoms with E-state index in [1.54, 1.807) is 25.2 Å². The quantitative estimate of drug-likeness (QED) is 0.396. The van der Waals surface area contributed by atoms with E-state index in [1.165, 1.54) is 0 Å². The van der Waals surface area contributed by atoms with E-state index in [2.05, 4.69) is 10.3 Å². The zero-order valence-electron chi connectivity index (χ0n) is 19.6. The highest BCUT2D eigenvalue weighted by Crippen LogP contribution is 2.36. The molecule has 0 bridgehead atoms. The SMILES string of the molecule is CN(C)CC(=O)N[C@@H](Cc1c[nH]c2ccccc12)C(=O)CCc1cc(C(F)(F)F)cc(C(F)(F)F)c1. The topological polar surface area (TPSA) is 65.2 Å². The Kier molecular flexibility index (Phi) is 8.12. The fourth-order valence-corrected chi connectivity index (χ4v) is 3.90. The number of ketones is 1. The van der Waals surface area contributed by atoms with E-state index in [-0.39, 0.29) is 37.4 Å². The van der Waals surface area contributed by atoms with Crippen molar-refractivity contribution in [1.29, 1.82) is 0 Å². The van der Waals surface area contributed by atoms with E-state index in [1.807, 2.05) is 24.3 Å². The minimum atomic E-state index is -4.97. The van der Waals surface area contributed by atoms with Crippen molar-refractivity contribution in [3.8, 4) is 0 Å². The first-order valence-electron chi connectivity index (χ1n) is 11.0. The second-order valence-corrected chi connectivity index (χ2v) is 8.80. The first-order valence-corrected chi connectivity index (χ1v) is 11.0. The summed E-state index contributed by atoms with van der Waals surface area (Å²) in [7, 11) is 3.34. The van der Waals surface area contributed by atoms with Gasteiger partial charge in [-0.2, -0.15) is 26.3 Å². The summed E-state index contributed by atoms with van der Waals surface area (Å²) in [6.45, 7) is 0.000233. The van der Waals surface area contributed by atoms with Crippen molar-refractivity contribution < 1.29 is 35.9 Å². The number of carbonyl (C=O) groups is 2. The Morgan fingerprint density at radius 2 is 1.58 bits per heavy atom. The summed E-state index contributed by atoms with van der Waals surface area (Å²) >= 11 is 0. The van der Waals surface area contributed by atoms with Gasteiger partial charge in [0.2, 0.25) is 5.91 Å². The number of carbonyl (C=O) groups excluding carboxylic acids is 2. The Bertz CT molecular complexity index is 1200. The van der Waals surface area contributed by atoms with Gasteiger partial charge in [0.05, 0.1) is 23.7 Å². The van der Waals surface area contributed by atoms with Crippen molar-refractivity contribution in [2.75, 3.05) is 20.6 Å². The smallest absolute Gasteiger partial charge is 0.361 e. The number of nitrogens with zero attached hydrogens (tertiary/aromatic N) is 1. The maximum atomic E-state index is 13.2. The molecule has 0 saturated heterocycles. The van der Waals surface area contributed by atoms with Crippen LogP contribution in [0.3, 0.4) is 0 Å². The molecule has 0 aliphatic carbocycles. The van der Waals surface area contributed by atoms with Crippen LogP contribution in [0, 0.1) is 0 Å². The lowest BCUT2D eigenvalue weighted by molar-refractivity contribution is -0.143. The summed E-state index contributed by atoms with van der Waals surface area (Å²) in [5.41, 5.74) is -1.57. The lowest BCUT2D eigenvalue weighted by Crippen LogP contribution is -2.45. The van der Waals surface area contributed by atoms with Crippen LogP contribution in [0.25, 0.3) is 10.9 Å². The lowest BCUT2D eigenvalue weighted by atomic mass is 9.95. The van der Waals surface area contributed by atoms with Gasteiger partial charge in [-0.3, -0.25) is 9.59 Å². The molecule has 0 fully saturated rings. The molecule has 2 aromatic carbocycles. The molecule has 0 unspecified atom stereocenters. The van der Waals surface area contributed by atoms with Crippen LogP contribution in [-0.2, 0) is 34.8 Å². The van der Waals surface area contributed by atoms with Gasteiger partial charge in [-0.15, -0.1) is 0 Å². The Hall–Kier alpha value is -3.34. The minimum absolute atomic E-state index is 0.000233. The molecule has 0 spiro atoms. The predicted octanol–water partition coefficient (Wildman–Crippen LogP) is 5.00. The number of rotatable bonds is 9. The first-order chi connectivity index (χ1) is 16.7. The highest BCUT2D eigenvalue weighted by molar-refractivity contribution is 5.91. The van der Waals surface area contributed by atoms with Gasteiger partial charge in [0.15, 0.2) is 5.78 Å². The van der Waals surface area contributed by atoms with Crippen LogP contribution in [0.4, 0.5) is 26.3 Å². The molecule has 194 valence electrons. The fourth-order valence-electron chi connectivity index (χ4n) is 3.90. The highest BCUT2D eigenvalue weighted by Gasteiger charge is 2.37. The van der Waals surface area contributed by atoms with Crippen molar-refractivity contribution in [2.24, 2.45) is 0 Å². The molecule has 1 aromatic heterocycles. The van der Waals surface area contributed by atoms with Gasteiger partial charge in [-0.05, 0) is 55.9 Å². The molecule has 1 atom stereocenters. The molecule has 3 aromatic rings. The van der Waals surface area contributed by atoms with E-state index in [0.29, 0.717) is 12.1 Å². The number of alkyl halides is 6. The highest BCUT2D eigenvalue weighted by atomic mass is 19.4. The Morgan fingerprint density at radius 1 is 0.972 bits per heavy atom. The number of amides is 1. The molecule has 0 aliphatic heterocycles. The Labute approximate surface area is 203 Å². The molecular formula is C25H25F6N3O2. The normalized spacial score (nSPS) is 13.2. The summed E-state index contributed by atoms with van der Waals surface area (Å²) < 4.78 is 79.0. The van der Waals surface area contributed by atoms with Crippen molar-refractivity contribution in [3.63, 3.8) is 0 Å². The molecule has 36 heavy (non-hydrogen) atoms. The monoisotopic (exact) mass is 513 g/mol. The maximum Gasteiger partial charge on any atom is 0.416 e. The average molecular weight is 513 g/mol. The number of hydrogen-bond donors (Lipinski definition) is 2. The van der Waals surface area contributed by atoms with Gasteiger partial charge in [-0.25, -0.2) is 0 Å². The summed E-state index contributed by atoms with van der Waals surface area (Å²) in [5, 5.41) is 3.49. The van der Waals surface area contributed by atoms with E-state index in [0.717, 1.165) is 16.5 Å². The molecule has 3 rings (SSSR count). The first kappa shape index (κ1) is 27.3. The second-order valence-electron chi connectivity index (χ2n) is 8.80. The maximum absolute atomic E-state index is 13.2. The van der Waals surface area contributed by atoms with E-state index in [9.17, 15) is 35.9 Å². The molecule has 0 saturated carbocycles. The standard InChI is InChI=1S/C25H25F6N3O2/c1-34(2)14-23(36)33-21(11-16-13-32-20-6-4-3-5-19(16)20)22(35)8-7-15-9-17(24(26,27)28)12-18(10-15)25(29,30)31/h3-6,9-10,12-13,21,32H,7-8,11,14H2,1-2H3,(H,33,36)/t21-/m0/s1. The molecule has 1 heterocycles. The van der Waals surface area contributed by atoms with E-state index < -0.39 is 41.2 Å². The number of likely N-dealkylation sites (N-methyl/N-ethyl adjacent to an activating group) is 1. The Balaban J connectivity index is 1.83. The lowest BCUT2D eigenvalue weighted by Gasteiger charge is -2.19. The number of para-hydroxylation sites is 1. The number of nitrogens with one attached hydrogen (secondary N) is 2. The number of H-pyrrole nitrogens is 1. The number of aromatic amines is 1. The molecule has 5 nitrogen and oxygen atoms in total. The third-order valence-corrected chi connectivity index (χ3v) is 5.59. The third kappa shape index (κ3) is 7.09. The summed E-state index contributed by atoms with van der Waals surface area (Å²) in [6.07, 6.45) is -8.84. The number of Topliss-reactive ketones (excluding diaryl/α,β-unsaturated/α-hetero) is 1. The van der Waals surface area contributed by atoms with Gasteiger partial charge in [-0.1, -0.05) is 18.2 Å². The summed E-state index contributed by atoms with van der Waals surface area (Å²) in [6, 6.07) is 7.58. The molecular weight excluding hydrogens is 488 g/mol. The summed E-state index contributed by atoms with van der Waals surface area (Å²) in [4.78, 5) is 30.1. The van der Waals surface area contributed by atoms with Crippen LogP contribution in [-0.4, -0.2) is 48.3 Å². The largest absolute Gasteiger partial charge is 0.416 e. The molecule has 11 heteroatoms. The van der Waals surface area contributed by atoms with Gasteiger partial charge >= 0.3 is 12.4 Å². The van der Waals surface area contributed by atoms with Crippen molar-refractivity contribution in [1.82, 2.24) is 15.2 Å². The zero-order chi connectivity index (χ0) is 26.7. The van der Waals surface area contributed by atoms with Gasteiger partial charge in [0, 0.05) is 29.9 Å². The molecule has 0 radical (unpaired) electrons. The number of hydrogen-bond acceptors (Lipinski definition) is 3. The Morgan fingerprint density at radius 3 is 2.17 bits per heavy atom. The minimum Gasteiger partial charge on any atom is -0.361 e. The number of fused-ring (bicyclic) bond motifs is 1. The second kappa shape index (κ2) is 10.7. The molecule has 0 aliphatic rings. The molecule has 1 amide bonds.